The van der Waals surface area contributed by atoms with Crippen LogP contribution >= 0.6 is 0 Å². The summed E-state index contributed by atoms with van der Waals surface area (Å²) in [7, 11) is 0. The molecule has 2 nitrogen and oxygen atoms in total. The van der Waals surface area contributed by atoms with Crippen LogP contribution in [0.15, 0.2) is 11.6 Å². The van der Waals surface area contributed by atoms with Gasteiger partial charge in [0.1, 0.15) is 0 Å². The van der Waals surface area contributed by atoms with Crippen molar-refractivity contribution >= 4 is 5.91 Å². The Kier molecular flexibility index (Phi) is 3.30. The zero-order valence-electron chi connectivity index (χ0n) is 7.99. The average molecular weight is 155 g/mol. The molecule has 0 aromatic heterocycles. The summed E-state index contributed by atoms with van der Waals surface area (Å²) in [5, 5.41) is 2.86. The highest BCUT2D eigenvalue weighted by molar-refractivity contribution is 5.93. The minimum atomic E-state index is -0.138. The van der Waals surface area contributed by atoms with Crippen LogP contribution in [-0.2, 0) is 4.79 Å². The second-order valence-electron chi connectivity index (χ2n) is 3.68. The summed E-state index contributed by atoms with van der Waals surface area (Å²) in [5.74, 6) is 0.0139. The molecule has 0 saturated heterocycles. The fraction of sp³-hybridized carbons (Fsp3) is 0.667. The van der Waals surface area contributed by atoms with Crippen molar-refractivity contribution in [3.63, 3.8) is 0 Å². The van der Waals surface area contributed by atoms with E-state index in [1.54, 1.807) is 13.0 Å². The fourth-order valence-corrected chi connectivity index (χ4v) is 0.570. The van der Waals surface area contributed by atoms with E-state index in [2.05, 4.69) is 5.32 Å². The lowest BCUT2D eigenvalue weighted by Crippen LogP contribution is -2.40. The molecule has 2 heteroatoms. The van der Waals surface area contributed by atoms with E-state index < -0.39 is 0 Å². The molecular weight excluding hydrogens is 138 g/mol. The molecule has 1 N–H and O–H groups in total. The minimum absolute atomic E-state index is 0.0139. The predicted molar refractivity (Wildman–Crippen MR) is 47.3 cm³/mol. The molecule has 0 aliphatic carbocycles. The van der Waals surface area contributed by atoms with Gasteiger partial charge in [-0.25, -0.2) is 0 Å². The van der Waals surface area contributed by atoms with Gasteiger partial charge in [0.2, 0.25) is 5.91 Å². The van der Waals surface area contributed by atoms with Gasteiger partial charge in [-0.2, -0.15) is 0 Å². The zero-order valence-corrected chi connectivity index (χ0v) is 7.99. The Bertz CT molecular complexity index is 174. The van der Waals surface area contributed by atoms with E-state index in [0.717, 1.165) is 5.57 Å². The van der Waals surface area contributed by atoms with Gasteiger partial charge >= 0.3 is 0 Å². The van der Waals surface area contributed by atoms with Crippen LogP contribution in [0, 0.1) is 0 Å². The number of nitrogens with one attached hydrogen (secondary N) is 1. The van der Waals surface area contributed by atoms with Gasteiger partial charge in [-0.05, 0) is 34.6 Å². The molecule has 0 bridgehead atoms. The summed E-state index contributed by atoms with van der Waals surface area (Å²) >= 11 is 0. The molecule has 0 aliphatic rings. The molecule has 11 heavy (non-hydrogen) atoms. The van der Waals surface area contributed by atoms with Crippen molar-refractivity contribution in [3.8, 4) is 0 Å². The molecule has 0 heterocycles. The molecule has 0 aliphatic heterocycles. The summed E-state index contributed by atoms with van der Waals surface area (Å²) in [6.07, 6.45) is 1.81. The van der Waals surface area contributed by atoms with E-state index in [-0.39, 0.29) is 11.4 Å². The van der Waals surface area contributed by atoms with Crippen LogP contribution in [0.2, 0.25) is 0 Å². The van der Waals surface area contributed by atoms with E-state index in [1.807, 2.05) is 27.7 Å². The third-order valence-electron chi connectivity index (χ3n) is 1.28. The third-order valence-corrected chi connectivity index (χ3v) is 1.28. The molecule has 0 aromatic carbocycles. The fourth-order valence-electron chi connectivity index (χ4n) is 0.570. The van der Waals surface area contributed by atoms with Gasteiger partial charge in [0.15, 0.2) is 0 Å². The van der Waals surface area contributed by atoms with Crippen molar-refractivity contribution in [3.05, 3.63) is 11.6 Å². The Morgan fingerprint density at radius 1 is 1.36 bits per heavy atom. The first-order valence-electron chi connectivity index (χ1n) is 3.82. The van der Waals surface area contributed by atoms with E-state index in [1.165, 1.54) is 0 Å². The smallest absolute Gasteiger partial charge is 0.246 e. The van der Waals surface area contributed by atoms with Crippen molar-refractivity contribution in [2.24, 2.45) is 0 Å². The first-order chi connectivity index (χ1) is 4.87. The Morgan fingerprint density at radius 2 is 1.82 bits per heavy atom. The Morgan fingerprint density at radius 3 is 2.09 bits per heavy atom. The van der Waals surface area contributed by atoms with Gasteiger partial charge in [0, 0.05) is 11.1 Å². The molecule has 0 unspecified atom stereocenters. The average Bonchev–Trinajstić information content (AvgIpc) is 1.82. The maximum absolute atomic E-state index is 11.2. The quantitative estimate of drug-likeness (QED) is 0.575. The SMILES string of the molecule is CC=C(C)C(=O)NC(C)(C)C. The third kappa shape index (κ3) is 4.59. The monoisotopic (exact) mass is 155 g/mol. The van der Waals surface area contributed by atoms with Crippen LogP contribution in [0.1, 0.15) is 34.6 Å². The molecule has 0 fully saturated rings. The maximum Gasteiger partial charge on any atom is 0.246 e. The Hall–Kier alpha value is -0.790. The molecule has 0 spiro atoms. The van der Waals surface area contributed by atoms with E-state index in [0.29, 0.717) is 0 Å². The van der Waals surface area contributed by atoms with Gasteiger partial charge < -0.3 is 5.32 Å². The first kappa shape index (κ1) is 10.2. The van der Waals surface area contributed by atoms with Crippen LogP contribution in [0.25, 0.3) is 0 Å². The highest BCUT2D eigenvalue weighted by Crippen LogP contribution is 2.01. The number of carbonyl (C=O) groups excluding carboxylic acids is 1. The Labute approximate surface area is 68.7 Å². The number of hydrogen-bond acceptors (Lipinski definition) is 1. The van der Waals surface area contributed by atoms with Gasteiger partial charge in [-0.1, -0.05) is 6.08 Å². The molecule has 0 rings (SSSR count). The second-order valence-corrected chi connectivity index (χ2v) is 3.68. The van der Waals surface area contributed by atoms with E-state index in [4.69, 9.17) is 0 Å². The minimum Gasteiger partial charge on any atom is -0.348 e. The number of amides is 1. The molecule has 0 saturated carbocycles. The first-order valence-corrected chi connectivity index (χ1v) is 3.82. The molecule has 0 radical (unpaired) electrons. The lowest BCUT2D eigenvalue weighted by atomic mass is 10.1. The van der Waals surface area contributed by atoms with Crippen LogP contribution in [0.5, 0.6) is 0 Å². The van der Waals surface area contributed by atoms with Crippen LogP contribution in [-0.4, -0.2) is 11.4 Å². The van der Waals surface area contributed by atoms with Gasteiger partial charge in [-0.3, -0.25) is 4.79 Å². The molecule has 1 amide bonds. The Balaban J connectivity index is 4.10. The van der Waals surface area contributed by atoms with Crippen molar-refractivity contribution < 1.29 is 4.79 Å². The topological polar surface area (TPSA) is 29.1 Å². The van der Waals surface area contributed by atoms with Gasteiger partial charge in [0.25, 0.3) is 0 Å². The molecule has 0 aromatic rings. The highest BCUT2D eigenvalue weighted by Gasteiger charge is 2.13. The highest BCUT2D eigenvalue weighted by atomic mass is 16.1. The molecule has 0 atom stereocenters. The second kappa shape index (κ2) is 3.56. The largest absolute Gasteiger partial charge is 0.348 e. The zero-order chi connectivity index (χ0) is 9.07. The number of hydrogen-bond donors (Lipinski definition) is 1. The summed E-state index contributed by atoms with van der Waals surface area (Å²) in [6, 6.07) is 0. The van der Waals surface area contributed by atoms with Crippen molar-refractivity contribution in [1.29, 1.82) is 0 Å². The van der Waals surface area contributed by atoms with Gasteiger partial charge in [0.05, 0.1) is 0 Å². The van der Waals surface area contributed by atoms with Crippen LogP contribution in [0.3, 0.4) is 0 Å². The lowest BCUT2D eigenvalue weighted by Gasteiger charge is -2.20. The van der Waals surface area contributed by atoms with Crippen LogP contribution in [0.4, 0.5) is 0 Å². The van der Waals surface area contributed by atoms with Crippen molar-refractivity contribution in [1.82, 2.24) is 5.32 Å². The van der Waals surface area contributed by atoms with Crippen molar-refractivity contribution in [2.75, 3.05) is 0 Å². The predicted octanol–water partition coefficient (Wildman–Crippen LogP) is 1.87. The lowest BCUT2D eigenvalue weighted by molar-refractivity contribution is -0.118. The summed E-state index contributed by atoms with van der Waals surface area (Å²) in [5.41, 5.74) is 0.626. The van der Waals surface area contributed by atoms with Crippen LogP contribution < -0.4 is 5.32 Å². The molecular formula is C9H17NO. The van der Waals surface area contributed by atoms with Gasteiger partial charge in [-0.15, -0.1) is 0 Å². The summed E-state index contributed by atoms with van der Waals surface area (Å²) in [4.78, 5) is 11.2. The summed E-state index contributed by atoms with van der Waals surface area (Å²) < 4.78 is 0. The normalized spacial score (nSPS) is 13.0. The van der Waals surface area contributed by atoms with Crippen molar-refractivity contribution in [2.45, 2.75) is 40.2 Å². The van der Waals surface area contributed by atoms with E-state index >= 15 is 0 Å². The summed E-state index contributed by atoms with van der Waals surface area (Å²) in [6.45, 7) is 9.56. The van der Waals surface area contributed by atoms with E-state index in [9.17, 15) is 4.79 Å². The number of carbonyl (C=O) groups is 1. The standard InChI is InChI=1S/C9H17NO/c1-6-7(2)8(11)10-9(3,4)5/h6H,1-5H3,(H,10,11). The number of allylic oxidation sites excluding steroid dienone is 1. The molecule has 64 valence electrons. The number of rotatable bonds is 1. The maximum atomic E-state index is 11.2.